The molecule has 110 valence electrons. The van der Waals surface area contributed by atoms with Gasteiger partial charge < -0.3 is 0 Å². The van der Waals surface area contributed by atoms with Crippen LogP contribution in [0.5, 0.6) is 0 Å². The number of pyridine rings is 2. The summed E-state index contributed by atoms with van der Waals surface area (Å²) < 4.78 is 1.56. The van der Waals surface area contributed by atoms with Gasteiger partial charge in [-0.05, 0) is 49.2 Å². The van der Waals surface area contributed by atoms with Crippen LogP contribution < -0.4 is 5.56 Å². The third-order valence-corrected chi connectivity index (χ3v) is 3.80. The van der Waals surface area contributed by atoms with Gasteiger partial charge in [0.25, 0.3) is 11.2 Å². The monoisotopic (exact) mass is 294 g/mol. The highest BCUT2D eigenvalue weighted by Gasteiger charge is 2.16. The van der Waals surface area contributed by atoms with Crippen LogP contribution in [-0.2, 0) is 0 Å². The van der Waals surface area contributed by atoms with E-state index in [1.165, 1.54) is 6.07 Å². The Kier molecular flexibility index (Phi) is 3.25. The summed E-state index contributed by atoms with van der Waals surface area (Å²) in [5.74, 6) is 0. The Morgan fingerprint density at radius 3 is 2.55 bits per heavy atom. The molecule has 0 fully saturated rings. The fourth-order valence-corrected chi connectivity index (χ4v) is 2.63. The molecule has 5 heteroatoms. The van der Waals surface area contributed by atoms with E-state index >= 15 is 0 Å². The second kappa shape index (κ2) is 5.11. The number of nitrogens with zero attached hydrogens (tertiary/aromatic N) is 2. The van der Waals surface area contributed by atoms with Crippen molar-refractivity contribution >= 4 is 11.2 Å². The molecule has 0 aliphatic rings. The molecule has 0 bridgehead atoms. The Bertz CT molecular complexity index is 958. The van der Waals surface area contributed by atoms with Crippen molar-refractivity contribution in [2.45, 2.75) is 13.8 Å². The molecule has 0 spiro atoms. The molecule has 0 aliphatic carbocycles. The molecule has 2 aromatic heterocycles. The predicted molar refractivity (Wildman–Crippen MR) is 85.2 cm³/mol. The lowest BCUT2D eigenvalue weighted by Crippen LogP contribution is -2.15. The van der Waals surface area contributed by atoms with E-state index in [1.807, 2.05) is 25.1 Å². The first-order valence-corrected chi connectivity index (χ1v) is 6.85. The van der Waals surface area contributed by atoms with Crippen molar-refractivity contribution in [2.24, 2.45) is 0 Å². The largest absolute Gasteiger partial charge is 0.284 e. The summed E-state index contributed by atoms with van der Waals surface area (Å²) in [7, 11) is 0. The zero-order valence-electron chi connectivity index (χ0n) is 12.2. The lowest BCUT2D eigenvalue weighted by Gasteiger charge is -2.08. The van der Waals surface area contributed by atoms with E-state index in [0.717, 1.165) is 11.1 Å². The zero-order chi connectivity index (χ0) is 15.9. The molecule has 2 heterocycles. The summed E-state index contributed by atoms with van der Waals surface area (Å²) >= 11 is 0. The van der Waals surface area contributed by atoms with Gasteiger partial charge in [0.1, 0.15) is 0 Å². The topological polar surface area (TPSA) is 64.6 Å². The van der Waals surface area contributed by atoms with Crippen LogP contribution in [0.25, 0.3) is 16.6 Å². The SMILES string of the molecule is Cc1ccn2c(=O)c(-c3cccc([N+](=O)[O-])c3C)ccc2c1. The van der Waals surface area contributed by atoms with Crippen molar-refractivity contribution in [2.75, 3.05) is 0 Å². The summed E-state index contributed by atoms with van der Waals surface area (Å²) in [5, 5.41) is 11.1. The molecule has 22 heavy (non-hydrogen) atoms. The molecule has 5 nitrogen and oxygen atoms in total. The number of benzene rings is 1. The number of hydrogen-bond acceptors (Lipinski definition) is 3. The normalized spacial score (nSPS) is 10.8. The van der Waals surface area contributed by atoms with E-state index in [0.29, 0.717) is 16.7 Å². The van der Waals surface area contributed by atoms with Crippen molar-refractivity contribution in [3.8, 4) is 11.1 Å². The molecular weight excluding hydrogens is 280 g/mol. The first kappa shape index (κ1) is 14.0. The van der Waals surface area contributed by atoms with Gasteiger partial charge in [0.2, 0.25) is 0 Å². The third kappa shape index (κ3) is 2.16. The lowest BCUT2D eigenvalue weighted by molar-refractivity contribution is -0.385. The smallest absolute Gasteiger partial charge is 0.272 e. The van der Waals surface area contributed by atoms with Gasteiger partial charge in [-0.25, -0.2) is 0 Å². The highest BCUT2D eigenvalue weighted by molar-refractivity contribution is 5.72. The fraction of sp³-hybridized carbons (Fsp3) is 0.118. The van der Waals surface area contributed by atoms with E-state index in [-0.39, 0.29) is 11.2 Å². The first-order chi connectivity index (χ1) is 10.5. The minimum Gasteiger partial charge on any atom is -0.284 e. The predicted octanol–water partition coefficient (Wildman–Crippen LogP) is 3.49. The lowest BCUT2D eigenvalue weighted by atomic mass is 10.00. The minimum atomic E-state index is -0.430. The molecule has 0 atom stereocenters. The maximum absolute atomic E-state index is 12.7. The van der Waals surface area contributed by atoms with Gasteiger partial charge in [-0.3, -0.25) is 19.3 Å². The molecular formula is C17H14N2O3. The van der Waals surface area contributed by atoms with Gasteiger partial charge in [-0.15, -0.1) is 0 Å². The average molecular weight is 294 g/mol. The Morgan fingerprint density at radius 1 is 1.05 bits per heavy atom. The van der Waals surface area contributed by atoms with Gasteiger partial charge in [0, 0.05) is 28.9 Å². The van der Waals surface area contributed by atoms with E-state index < -0.39 is 4.92 Å². The standard InChI is InChI=1S/C17H14N2O3/c1-11-8-9-18-13(10-11)6-7-15(17(18)20)14-4-3-5-16(12(14)2)19(21)22/h3-10H,1-2H3. The molecule has 0 aliphatic heterocycles. The van der Waals surface area contributed by atoms with Crippen LogP contribution in [0.3, 0.4) is 0 Å². The molecule has 0 amide bonds. The van der Waals surface area contributed by atoms with Crippen LogP contribution in [0, 0.1) is 24.0 Å². The van der Waals surface area contributed by atoms with Gasteiger partial charge in [-0.2, -0.15) is 0 Å². The number of aromatic nitrogens is 1. The number of hydrogen-bond donors (Lipinski definition) is 0. The number of aryl methyl sites for hydroxylation is 1. The summed E-state index contributed by atoms with van der Waals surface area (Å²) in [6.45, 7) is 3.63. The zero-order valence-corrected chi connectivity index (χ0v) is 12.2. The Balaban J connectivity index is 2.30. The third-order valence-electron chi connectivity index (χ3n) is 3.80. The summed E-state index contributed by atoms with van der Waals surface area (Å²) in [5.41, 5.74) is 3.26. The quantitative estimate of drug-likeness (QED) is 0.537. The van der Waals surface area contributed by atoms with Crippen LogP contribution >= 0.6 is 0 Å². The number of rotatable bonds is 2. The Morgan fingerprint density at radius 2 is 1.82 bits per heavy atom. The van der Waals surface area contributed by atoms with Crippen molar-refractivity contribution in [1.82, 2.24) is 4.40 Å². The first-order valence-electron chi connectivity index (χ1n) is 6.85. The molecule has 0 N–H and O–H groups in total. The van der Waals surface area contributed by atoms with Gasteiger partial charge in [-0.1, -0.05) is 12.1 Å². The number of nitro benzene ring substituents is 1. The van der Waals surface area contributed by atoms with Gasteiger partial charge >= 0.3 is 0 Å². The highest BCUT2D eigenvalue weighted by atomic mass is 16.6. The number of fused-ring (bicyclic) bond motifs is 1. The summed E-state index contributed by atoms with van der Waals surface area (Å²) in [6.07, 6.45) is 1.73. The fourth-order valence-electron chi connectivity index (χ4n) is 2.63. The van der Waals surface area contributed by atoms with Gasteiger partial charge in [0.05, 0.1) is 4.92 Å². The number of nitro groups is 1. The molecule has 3 rings (SSSR count). The van der Waals surface area contributed by atoms with Crippen LogP contribution in [0.1, 0.15) is 11.1 Å². The van der Waals surface area contributed by atoms with Crippen molar-refractivity contribution in [3.63, 3.8) is 0 Å². The Hall–Kier alpha value is -2.95. The highest BCUT2D eigenvalue weighted by Crippen LogP contribution is 2.28. The second-order valence-corrected chi connectivity index (χ2v) is 5.26. The van der Waals surface area contributed by atoms with Crippen molar-refractivity contribution in [3.05, 3.63) is 80.3 Å². The Labute approximate surface area is 126 Å². The van der Waals surface area contributed by atoms with E-state index in [9.17, 15) is 14.9 Å². The molecule has 1 aromatic carbocycles. The minimum absolute atomic E-state index is 0.0194. The summed E-state index contributed by atoms with van der Waals surface area (Å²) in [4.78, 5) is 23.3. The maximum atomic E-state index is 12.7. The van der Waals surface area contributed by atoms with Crippen LogP contribution in [0.4, 0.5) is 5.69 Å². The average Bonchev–Trinajstić information content (AvgIpc) is 2.48. The van der Waals surface area contributed by atoms with Crippen LogP contribution in [0.2, 0.25) is 0 Å². The van der Waals surface area contributed by atoms with Crippen molar-refractivity contribution < 1.29 is 4.92 Å². The van der Waals surface area contributed by atoms with E-state index in [1.54, 1.807) is 35.7 Å². The van der Waals surface area contributed by atoms with Crippen LogP contribution in [0.15, 0.2) is 53.5 Å². The molecule has 0 radical (unpaired) electrons. The molecule has 3 aromatic rings. The van der Waals surface area contributed by atoms with E-state index in [4.69, 9.17) is 0 Å². The maximum Gasteiger partial charge on any atom is 0.272 e. The second-order valence-electron chi connectivity index (χ2n) is 5.26. The van der Waals surface area contributed by atoms with E-state index in [2.05, 4.69) is 0 Å². The van der Waals surface area contributed by atoms with Crippen LogP contribution in [-0.4, -0.2) is 9.32 Å². The molecule has 0 unspecified atom stereocenters. The summed E-state index contributed by atoms with van der Waals surface area (Å²) in [6, 6.07) is 12.1. The molecule has 0 saturated heterocycles. The molecule has 0 saturated carbocycles. The van der Waals surface area contributed by atoms with Crippen molar-refractivity contribution in [1.29, 1.82) is 0 Å². The van der Waals surface area contributed by atoms with Gasteiger partial charge in [0.15, 0.2) is 0 Å².